The van der Waals surface area contributed by atoms with Crippen molar-refractivity contribution >= 4 is 35.4 Å². The standard InChI is InChI=1S/C22H21NO9/c1-4-29-20(28)13-5-7-14(8-6-13)23-18(26)16-15-9-10-22(32-15,17(16)19(23)27)21(30-11(2)24)31-12(3)25/h5-10,15-17,21H,4H2,1-3H3/t15-,16+,17-,22-/m1/s1. The fourth-order valence-electron chi connectivity index (χ4n) is 4.43. The summed E-state index contributed by atoms with van der Waals surface area (Å²) < 4.78 is 21.2. The molecule has 3 aliphatic rings. The van der Waals surface area contributed by atoms with Gasteiger partial charge in [0, 0.05) is 13.8 Å². The summed E-state index contributed by atoms with van der Waals surface area (Å²) >= 11 is 0. The van der Waals surface area contributed by atoms with Gasteiger partial charge in [-0.15, -0.1) is 0 Å². The summed E-state index contributed by atoms with van der Waals surface area (Å²) in [5.74, 6) is -5.00. The van der Waals surface area contributed by atoms with E-state index < -0.39 is 59.6 Å². The van der Waals surface area contributed by atoms with Crippen molar-refractivity contribution in [3.63, 3.8) is 0 Å². The van der Waals surface area contributed by atoms with Gasteiger partial charge in [0.2, 0.25) is 11.8 Å². The normalized spacial score (nSPS) is 27.6. The number of fused-ring (bicyclic) bond motifs is 5. The van der Waals surface area contributed by atoms with Crippen molar-refractivity contribution < 1.29 is 42.9 Å². The van der Waals surface area contributed by atoms with Crippen LogP contribution in [0.5, 0.6) is 0 Å². The monoisotopic (exact) mass is 443 g/mol. The van der Waals surface area contributed by atoms with Gasteiger partial charge in [0.1, 0.15) is 0 Å². The van der Waals surface area contributed by atoms with Gasteiger partial charge in [-0.2, -0.15) is 0 Å². The van der Waals surface area contributed by atoms with Crippen LogP contribution in [0.1, 0.15) is 31.1 Å². The van der Waals surface area contributed by atoms with Crippen LogP contribution in [-0.4, -0.2) is 54.3 Å². The summed E-state index contributed by atoms with van der Waals surface area (Å²) in [7, 11) is 0. The van der Waals surface area contributed by atoms with Crippen LogP contribution in [0.4, 0.5) is 5.69 Å². The second-order valence-electron chi connectivity index (χ2n) is 7.63. The highest BCUT2D eigenvalue weighted by atomic mass is 16.7. The Hall–Kier alpha value is -3.53. The largest absolute Gasteiger partial charge is 0.462 e. The molecule has 0 aromatic heterocycles. The maximum Gasteiger partial charge on any atom is 0.338 e. The molecule has 4 atom stereocenters. The van der Waals surface area contributed by atoms with Crippen LogP contribution in [0.25, 0.3) is 0 Å². The quantitative estimate of drug-likeness (QED) is 0.275. The van der Waals surface area contributed by atoms with E-state index in [1.807, 2.05) is 0 Å². The summed E-state index contributed by atoms with van der Waals surface area (Å²) in [6.45, 7) is 4.17. The van der Waals surface area contributed by atoms with Crippen molar-refractivity contribution in [3.05, 3.63) is 42.0 Å². The van der Waals surface area contributed by atoms with E-state index in [9.17, 15) is 24.0 Å². The number of rotatable bonds is 6. The molecule has 1 aromatic rings. The van der Waals surface area contributed by atoms with E-state index in [0.29, 0.717) is 0 Å². The zero-order chi connectivity index (χ0) is 23.2. The highest BCUT2D eigenvalue weighted by Crippen LogP contribution is 2.54. The van der Waals surface area contributed by atoms with E-state index in [2.05, 4.69) is 0 Å². The number of hydrogen-bond donors (Lipinski definition) is 0. The van der Waals surface area contributed by atoms with Crippen molar-refractivity contribution in [2.24, 2.45) is 11.8 Å². The second kappa shape index (κ2) is 7.86. The Morgan fingerprint density at radius 2 is 1.69 bits per heavy atom. The SMILES string of the molecule is CCOC(=O)c1ccc(N2C(=O)[C@H]3[C@H]4C=C[C@@](C(OC(C)=O)OC(C)=O)(O4)[C@H]3C2=O)cc1. The number of hydrogen-bond acceptors (Lipinski definition) is 9. The maximum absolute atomic E-state index is 13.4. The van der Waals surface area contributed by atoms with Gasteiger partial charge in [0.15, 0.2) is 5.60 Å². The Morgan fingerprint density at radius 3 is 2.25 bits per heavy atom. The molecule has 0 radical (unpaired) electrons. The molecule has 2 fully saturated rings. The third-order valence-electron chi connectivity index (χ3n) is 5.63. The van der Waals surface area contributed by atoms with Gasteiger partial charge in [-0.25, -0.2) is 9.69 Å². The third kappa shape index (κ3) is 3.27. The molecule has 0 N–H and O–H groups in total. The van der Waals surface area contributed by atoms with Crippen LogP contribution in [0.3, 0.4) is 0 Å². The zero-order valence-electron chi connectivity index (χ0n) is 17.6. The highest BCUT2D eigenvalue weighted by Gasteiger charge is 2.72. The summed E-state index contributed by atoms with van der Waals surface area (Å²) in [4.78, 5) is 62.8. The Kier molecular flexibility index (Phi) is 5.33. The smallest absolute Gasteiger partial charge is 0.338 e. The van der Waals surface area contributed by atoms with Crippen molar-refractivity contribution in [2.45, 2.75) is 38.8 Å². The zero-order valence-corrected chi connectivity index (χ0v) is 17.6. The Bertz CT molecular complexity index is 1010. The molecule has 2 saturated heterocycles. The van der Waals surface area contributed by atoms with Crippen molar-refractivity contribution in [1.82, 2.24) is 0 Å². The predicted molar refractivity (Wildman–Crippen MR) is 106 cm³/mol. The van der Waals surface area contributed by atoms with E-state index in [1.165, 1.54) is 30.3 Å². The molecule has 0 saturated carbocycles. The van der Waals surface area contributed by atoms with Crippen molar-refractivity contribution in [3.8, 4) is 0 Å². The van der Waals surface area contributed by atoms with Crippen molar-refractivity contribution in [1.29, 1.82) is 0 Å². The maximum atomic E-state index is 13.4. The van der Waals surface area contributed by atoms with Crippen LogP contribution >= 0.6 is 0 Å². The van der Waals surface area contributed by atoms with Gasteiger partial charge in [-0.05, 0) is 37.3 Å². The first kappa shape index (κ1) is 21.7. The van der Waals surface area contributed by atoms with Gasteiger partial charge in [-0.1, -0.05) is 6.08 Å². The summed E-state index contributed by atoms with van der Waals surface area (Å²) in [5, 5.41) is 0. The highest BCUT2D eigenvalue weighted by molar-refractivity contribution is 6.23. The average molecular weight is 443 g/mol. The van der Waals surface area contributed by atoms with Crippen LogP contribution in [-0.2, 0) is 38.1 Å². The summed E-state index contributed by atoms with van der Waals surface area (Å²) in [6.07, 6.45) is 0.832. The fraction of sp³-hybridized carbons (Fsp3) is 0.409. The second-order valence-corrected chi connectivity index (χ2v) is 7.63. The van der Waals surface area contributed by atoms with Gasteiger partial charge < -0.3 is 18.9 Å². The third-order valence-corrected chi connectivity index (χ3v) is 5.63. The lowest BCUT2D eigenvalue weighted by Gasteiger charge is -2.34. The molecule has 168 valence electrons. The minimum absolute atomic E-state index is 0.218. The topological polar surface area (TPSA) is 126 Å². The number of carbonyl (C=O) groups excluding carboxylic acids is 5. The predicted octanol–water partition coefficient (Wildman–Crippen LogP) is 1.13. The lowest BCUT2D eigenvalue weighted by Crippen LogP contribution is -2.52. The molecule has 2 bridgehead atoms. The molecule has 10 heteroatoms. The van der Waals surface area contributed by atoms with E-state index in [1.54, 1.807) is 13.0 Å². The number of ether oxygens (including phenoxy) is 4. The number of nitrogens with zero attached hydrogens (tertiary/aromatic N) is 1. The average Bonchev–Trinajstić information content (AvgIpc) is 3.38. The first-order chi connectivity index (χ1) is 15.2. The minimum atomic E-state index is -1.61. The van der Waals surface area contributed by atoms with Crippen LogP contribution in [0, 0.1) is 11.8 Å². The molecule has 2 amide bonds. The number of benzene rings is 1. The first-order valence-electron chi connectivity index (χ1n) is 10.1. The van der Waals surface area contributed by atoms with E-state index in [-0.39, 0.29) is 17.9 Å². The number of carbonyl (C=O) groups is 5. The van der Waals surface area contributed by atoms with Gasteiger partial charge in [0.25, 0.3) is 6.29 Å². The van der Waals surface area contributed by atoms with E-state index in [0.717, 1.165) is 18.7 Å². The van der Waals surface area contributed by atoms with Crippen LogP contribution in [0.15, 0.2) is 36.4 Å². The van der Waals surface area contributed by atoms with Gasteiger partial charge in [-0.3, -0.25) is 19.2 Å². The molecule has 1 aromatic carbocycles. The molecular weight excluding hydrogens is 422 g/mol. The Balaban J connectivity index is 1.66. The Morgan fingerprint density at radius 1 is 1.06 bits per heavy atom. The number of anilines is 1. The molecule has 32 heavy (non-hydrogen) atoms. The molecule has 3 aliphatic heterocycles. The van der Waals surface area contributed by atoms with E-state index in [4.69, 9.17) is 18.9 Å². The Labute approximate surface area is 183 Å². The molecular formula is C22H21NO9. The molecule has 0 unspecified atom stereocenters. The molecule has 4 rings (SSSR count). The number of imide groups is 1. The number of amides is 2. The van der Waals surface area contributed by atoms with Gasteiger partial charge >= 0.3 is 17.9 Å². The molecule has 0 aliphatic carbocycles. The number of esters is 3. The lowest BCUT2D eigenvalue weighted by molar-refractivity contribution is -0.226. The fourth-order valence-corrected chi connectivity index (χ4v) is 4.43. The molecule has 0 spiro atoms. The van der Waals surface area contributed by atoms with Crippen molar-refractivity contribution in [2.75, 3.05) is 11.5 Å². The minimum Gasteiger partial charge on any atom is -0.462 e. The van der Waals surface area contributed by atoms with Crippen LogP contribution in [0.2, 0.25) is 0 Å². The summed E-state index contributed by atoms with van der Waals surface area (Å²) in [6, 6.07) is 5.87. The molecule has 10 nitrogen and oxygen atoms in total. The summed E-state index contributed by atoms with van der Waals surface area (Å²) in [5.41, 5.74) is -1.06. The first-order valence-corrected chi connectivity index (χ1v) is 10.1. The molecule has 3 heterocycles. The van der Waals surface area contributed by atoms with Crippen LogP contribution < -0.4 is 4.90 Å². The lowest BCUT2D eigenvalue weighted by atomic mass is 9.76. The van der Waals surface area contributed by atoms with E-state index >= 15 is 0 Å². The van der Waals surface area contributed by atoms with Gasteiger partial charge in [0.05, 0.1) is 35.8 Å².